The largest absolute Gasteiger partial charge is 0.476 e. The van der Waals surface area contributed by atoms with Crippen LogP contribution >= 0.6 is 11.3 Å². The summed E-state index contributed by atoms with van der Waals surface area (Å²) in [5, 5.41) is 13.0. The minimum atomic E-state index is -0.950. The molecule has 2 rings (SSSR count). The van der Waals surface area contributed by atoms with E-state index in [1.54, 1.807) is 6.92 Å². The van der Waals surface area contributed by atoms with E-state index in [0.717, 1.165) is 29.6 Å². The van der Waals surface area contributed by atoms with Crippen molar-refractivity contribution < 1.29 is 9.90 Å². The molecule has 0 spiro atoms. The normalized spacial score (nSPS) is 20.1. The van der Waals surface area contributed by atoms with Gasteiger partial charge in [0.2, 0.25) is 0 Å². The lowest BCUT2D eigenvalue weighted by atomic mass is 10.1. The van der Waals surface area contributed by atoms with Crippen LogP contribution in [0.2, 0.25) is 0 Å². The number of rotatable bonds is 5. The van der Waals surface area contributed by atoms with Crippen LogP contribution in [0.1, 0.15) is 35.6 Å². The van der Waals surface area contributed by atoms with Gasteiger partial charge in [-0.2, -0.15) is 0 Å². The fraction of sp³-hybridized carbons (Fsp3) is 0.692. The van der Waals surface area contributed by atoms with E-state index >= 15 is 0 Å². The molecule has 0 bridgehead atoms. The van der Waals surface area contributed by atoms with Crippen LogP contribution in [0.5, 0.6) is 0 Å². The first-order chi connectivity index (χ1) is 8.97. The second-order valence-corrected chi connectivity index (χ2v) is 6.56. The number of nitrogens with zero attached hydrogens (tertiary/aromatic N) is 2. The monoisotopic (exact) mass is 283 g/mol. The molecule has 0 aliphatic carbocycles. The van der Waals surface area contributed by atoms with Crippen molar-refractivity contribution in [3.63, 3.8) is 0 Å². The molecule has 0 radical (unpaired) electrons. The van der Waals surface area contributed by atoms with Gasteiger partial charge in [-0.25, -0.2) is 9.78 Å². The molecule has 1 unspecified atom stereocenters. The number of aromatic carboxylic acids is 1. The van der Waals surface area contributed by atoms with Gasteiger partial charge in [0, 0.05) is 24.0 Å². The molecular weight excluding hydrogens is 262 g/mol. The van der Waals surface area contributed by atoms with Gasteiger partial charge in [-0.05, 0) is 39.7 Å². The molecule has 2 heterocycles. The van der Waals surface area contributed by atoms with Gasteiger partial charge in [0.1, 0.15) is 0 Å². The van der Waals surface area contributed by atoms with Gasteiger partial charge in [-0.15, -0.1) is 11.3 Å². The number of thiazole rings is 1. The molecule has 1 aromatic heterocycles. The average molecular weight is 283 g/mol. The maximum atomic E-state index is 10.9. The first kappa shape index (κ1) is 14.3. The number of aromatic nitrogens is 1. The third-order valence-corrected chi connectivity index (χ3v) is 4.52. The third-order valence-electron chi connectivity index (χ3n) is 3.59. The second-order valence-electron chi connectivity index (χ2n) is 5.35. The fourth-order valence-corrected chi connectivity index (χ4v) is 3.21. The standard InChI is InChI=1S/C13H21N3O2S/c1-8(2)16-5-4-10(7-16)6-14-13-15-11(12(17)18)9(3)19-13/h8,10H,4-7H2,1-3H3,(H,14,15)(H,17,18). The van der Waals surface area contributed by atoms with Gasteiger partial charge in [0.05, 0.1) is 0 Å². The Kier molecular flexibility index (Phi) is 4.42. The van der Waals surface area contributed by atoms with Crippen LogP contribution in [0, 0.1) is 12.8 Å². The Hall–Kier alpha value is -1.14. The number of nitrogens with one attached hydrogen (secondary N) is 1. The van der Waals surface area contributed by atoms with E-state index in [0.29, 0.717) is 12.0 Å². The van der Waals surface area contributed by atoms with Crippen LogP contribution in [0.15, 0.2) is 0 Å². The van der Waals surface area contributed by atoms with Gasteiger partial charge in [-0.1, -0.05) is 0 Å². The van der Waals surface area contributed by atoms with Gasteiger partial charge in [0.25, 0.3) is 0 Å². The van der Waals surface area contributed by atoms with Gasteiger partial charge in [-0.3, -0.25) is 0 Å². The van der Waals surface area contributed by atoms with Crippen LogP contribution in [0.4, 0.5) is 5.13 Å². The molecule has 19 heavy (non-hydrogen) atoms. The third kappa shape index (κ3) is 3.45. The number of carbonyl (C=O) groups is 1. The summed E-state index contributed by atoms with van der Waals surface area (Å²) in [6, 6.07) is 0.603. The highest BCUT2D eigenvalue weighted by Gasteiger charge is 2.24. The summed E-state index contributed by atoms with van der Waals surface area (Å²) in [5.74, 6) is -0.325. The van der Waals surface area contributed by atoms with E-state index in [1.165, 1.54) is 17.8 Å². The molecule has 1 aliphatic rings. The van der Waals surface area contributed by atoms with E-state index in [2.05, 4.69) is 29.0 Å². The molecular formula is C13H21N3O2S. The zero-order valence-corrected chi connectivity index (χ0v) is 12.5. The topological polar surface area (TPSA) is 65.5 Å². The Morgan fingerprint density at radius 1 is 1.63 bits per heavy atom. The molecule has 1 atom stereocenters. The zero-order valence-electron chi connectivity index (χ0n) is 11.6. The van der Waals surface area contributed by atoms with Crippen LogP contribution in [0.25, 0.3) is 0 Å². The first-order valence-electron chi connectivity index (χ1n) is 6.66. The minimum absolute atomic E-state index is 0.169. The number of aryl methyl sites for hydroxylation is 1. The highest BCUT2D eigenvalue weighted by atomic mass is 32.1. The van der Waals surface area contributed by atoms with Crippen LogP contribution < -0.4 is 5.32 Å². The van der Waals surface area contributed by atoms with Crippen molar-refractivity contribution >= 4 is 22.4 Å². The Bertz CT molecular complexity index is 459. The smallest absolute Gasteiger partial charge is 0.355 e. The Labute approximate surface area is 117 Å². The summed E-state index contributed by atoms with van der Waals surface area (Å²) in [6.07, 6.45) is 1.20. The molecule has 1 aromatic rings. The number of hydrogen-bond acceptors (Lipinski definition) is 5. The van der Waals surface area contributed by atoms with Crippen molar-refractivity contribution in [3.05, 3.63) is 10.6 Å². The molecule has 2 N–H and O–H groups in total. The van der Waals surface area contributed by atoms with Crippen LogP contribution in [-0.2, 0) is 0 Å². The molecule has 1 fully saturated rings. The minimum Gasteiger partial charge on any atom is -0.476 e. The quantitative estimate of drug-likeness (QED) is 0.868. The van der Waals surface area contributed by atoms with Crippen LogP contribution in [0.3, 0.4) is 0 Å². The molecule has 0 amide bonds. The summed E-state index contributed by atoms with van der Waals surface area (Å²) >= 11 is 1.42. The van der Waals surface area contributed by atoms with E-state index < -0.39 is 5.97 Å². The van der Waals surface area contributed by atoms with E-state index in [4.69, 9.17) is 5.11 Å². The zero-order chi connectivity index (χ0) is 14.0. The van der Waals surface area contributed by atoms with Crippen molar-refractivity contribution in [1.29, 1.82) is 0 Å². The van der Waals surface area contributed by atoms with E-state index in [9.17, 15) is 4.79 Å². The summed E-state index contributed by atoms with van der Waals surface area (Å²) < 4.78 is 0. The number of hydrogen-bond donors (Lipinski definition) is 2. The van der Waals surface area contributed by atoms with Gasteiger partial charge in [0.15, 0.2) is 10.8 Å². The second kappa shape index (κ2) is 5.88. The SMILES string of the molecule is Cc1sc(NCC2CCN(C(C)C)C2)nc1C(=O)O. The van der Waals surface area contributed by atoms with Crippen molar-refractivity contribution in [1.82, 2.24) is 9.88 Å². The van der Waals surface area contributed by atoms with Crippen molar-refractivity contribution in [2.24, 2.45) is 5.92 Å². The first-order valence-corrected chi connectivity index (χ1v) is 7.47. The molecule has 0 aromatic carbocycles. The highest BCUT2D eigenvalue weighted by Crippen LogP contribution is 2.24. The predicted octanol–water partition coefficient (Wildman–Crippen LogP) is 2.29. The Morgan fingerprint density at radius 3 is 2.89 bits per heavy atom. The predicted molar refractivity (Wildman–Crippen MR) is 77.1 cm³/mol. The van der Waals surface area contributed by atoms with Crippen molar-refractivity contribution in [3.8, 4) is 0 Å². The van der Waals surface area contributed by atoms with Gasteiger partial charge < -0.3 is 15.3 Å². The lowest BCUT2D eigenvalue weighted by molar-refractivity contribution is 0.0690. The molecule has 0 saturated carbocycles. The Balaban J connectivity index is 1.86. The molecule has 6 heteroatoms. The average Bonchev–Trinajstić information content (AvgIpc) is 2.92. The van der Waals surface area contributed by atoms with Crippen LogP contribution in [-0.4, -0.2) is 46.6 Å². The summed E-state index contributed by atoms with van der Waals surface area (Å²) in [6.45, 7) is 9.37. The number of likely N-dealkylation sites (tertiary alicyclic amines) is 1. The maximum absolute atomic E-state index is 10.9. The molecule has 1 aliphatic heterocycles. The number of carboxylic acid groups (broad SMARTS) is 1. The fourth-order valence-electron chi connectivity index (χ4n) is 2.40. The maximum Gasteiger partial charge on any atom is 0.355 e. The van der Waals surface area contributed by atoms with Crippen molar-refractivity contribution in [2.75, 3.05) is 25.0 Å². The highest BCUT2D eigenvalue weighted by molar-refractivity contribution is 7.15. The molecule has 5 nitrogen and oxygen atoms in total. The number of anilines is 1. The van der Waals surface area contributed by atoms with E-state index in [-0.39, 0.29) is 5.69 Å². The van der Waals surface area contributed by atoms with E-state index in [1.807, 2.05) is 0 Å². The molecule has 106 valence electrons. The lowest BCUT2D eigenvalue weighted by Gasteiger charge is -2.20. The van der Waals surface area contributed by atoms with Crippen molar-refractivity contribution in [2.45, 2.75) is 33.2 Å². The van der Waals surface area contributed by atoms with Gasteiger partial charge >= 0.3 is 5.97 Å². The number of carboxylic acids is 1. The molecule has 1 saturated heterocycles. The summed E-state index contributed by atoms with van der Waals surface area (Å²) in [4.78, 5) is 18.3. The lowest BCUT2D eigenvalue weighted by Crippen LogP contribution is -2.29. The summed E-state index contributed by atoms with van der Waals surface area (Å²) in [5.41, 5.74) is 0.169. The summed E-state index contributed by atoms with van der Waals surface area (Å²) in [7, 11) is 0. The Morgan fingerprint density at radius 2 is 2.37 bits per heavy atom.